The van der Waals surface area contributed by atoms with E-state index in [4.69, 9.17) is 0 Å². The molecule has 0 aliphatic rings. The third-order valence-corrected chi connectivity index (χ3v) is 3.34. The van der Waals surface area contributed by atoms with Gasteiger partial charge in [0.05, 0.1) is 6.66 Å². The first-order chi connectivity index (χ1) is 2.64. The van der Waals surface area contributed by atoms with Gasteiger partial charge in [-0.2, -0.15) is 0 Å². The summed E-state index contributed by atoms with van der Waals surface area (Å²) in [5.74, 6) is 0. The van der Waals surface area contributed by atoms with Gasteiger partial charge < -0.3 is 4.39 Å². The molecule has 0 N–H and O–H groups in total. The summed E-state index contributed by atoms with van der Waals surface area (Å²) < 4.78 is 11.6. The molecule has 6 heavy (non-hydrogen) atoms. The van der Waals surface area contributed by atoms with Gasteiger partial charge in [-0.15, -0.1) is 0 Å². The standard InChI is InChI=1S/C3H5FIP/c1-6(2)3(4)5/h1H2,2H3. The SMILES string of the molecule is C=[P+](C)[C-](F)I. The van der Waals surface area contributed by atoms with Crippen LogP contribution < -0.4 is 0 Å². The van der Waals surface area contributed by atoms with Gasteiger partial charge in [-0.1, -0.05) is 0 Å². The molecule has 0 bridgehead atoms. The molecular formula is C3H5FIP. The Labute approximate surface area is 51.7 Å². The zero-order chi connectivity index (χ0) is 5.15. The van der Waals surface area contributed by atoms with Crippen molar-refractivity contribution in [3.8, 4) is 0 Å². The van der Waals surface area contributed by atoms with Crippen LogP contribution in [0.4, 0.5) is 4.39 Å². The minimum absolute atomic E-state index is 0.0670. The molecule has 0 spiro atoms. The molecule has 0 heterocycles. The molecule has 1 atom stereocenters. The summed E-state index contributed by atoms with van der Waals surface area (Å²) >= 11 is 1.65. The van der Waals surface area contributed by atoms with Crippen molar-refractivity contribution >= 4 is 36.4 Å². The van der Waals surface area contributed by atoms with Gasteiger partial charge in [0.25, 0.3) is 0 Å². The van der Waals surface area contributed by atoms with Crippen LogP contribution in [0.5, 0.6) is 0 Å². The number of rotatable bonds is 1. The van der Waals surface area contributed by atoms with Crippen LogP contribution in [0, 0.1) is 3.92 Å². The monoisotopic (exact) mass is 218 g/mol. The predicted molar refractivity (Wildman–Crippen MR) is 38.3 cm³/mol. The maximum absolute atomic E-state index is 11.7. The number of halogens is 2. The largest absolute Gasteiger partial charge is 0.391 e. The van der Waals surface area contributed by atoms with E-state index in [0.29, 0.717) is 0 Å². The van der Waals surface area contributed by atoms with Crippen molar-refractivity contribution in [3.05, 3.63) is 3.92 Å². The van der Waals surface area contributed by atoms with Crippen LogP contribution in [0.3, 0.4) is 0 Å². The average Bonchev–Trinajstić information content (AvgIpc) is 1.36. The lowest BCUT2D eigenvalue weighted by Crippen LogP contribution is -1.58. The second-order valence-corrected chi connectivity index (χ2v) is 4.53. The van der Waals surface area contributed by atoms with Gasteiger partial charge in [0, 0.05) is 6.30 Å². The smallest absolute Gasteiger partial charge is 0.107 e. The Kier molecular flexibility index (Phi) is 3.32. The van der Waals surface area contributed by atoms with Gasteiger partial charge in [0.2, 0.25) is 0 Å². The maximum atomic E-state index is 11.7. The first-order valence-electron chi connectivity index (χ1n) is 1.37. The van der Waals surface area contributed by atoms with Crippen molar-refractivity contribution < 1.29 is 4.39 Å². The molecule has 0 aromatic rings. The van der Waals surface area contributed by atoms with E-state index in [1.165, 1.54) is 0 Å². The first kappa shape index (κ1) is 6.83. The van der Waals surface area contributed by atoms with E-state index in [9.17, 15) is 4.39 Å². The second kappa shape index (κ2) is 2.92. The number of hydrogen-bond donors (Lipinski definition) is 0. The predicted octanol–water partition coefficient (Wildman–Crippen LogP) is 2.38. The van der Waals surface area contributed by atoms with Crippen molar-refractivity contribution in [2.75, 3.05) is 6.66 Å². The summed E-state index contributed by atoms with van der Waals surface area (Å²) in [6.07, 6.45) is 3.48. The molecule has 0 amide bonds. The Morgan fingerprint density at radius 3 is 2.17 bits per heavy atom. The van der Waals surface area contributed by atoms with Crippen molar-refractivity contribution in [1.29, 1.82) is 0 Å². The minimum atomic E-state index is -0.673. The van der Waals surface area contributed by atoms with Crippen LogP contribution >= 0.6 is 30.1 Å². The number of hydrogen-bond acceptors (Lipinski definition) is 0. The van der Waals surface area contributed by atoms with Crippen LogP contribution in [0.25, 0.3) is 0 Å². The van der Waals surface area contributed by atoms with E-state index < -0.39 is 7.55 Å². The summed E-state index contributed by atoms with van der Waals surface area (Å²) in [4.78, 5) is 0. The fraction of sp³-hybridized carbons (Fsp3) is 0.333. The molecule has 0 saturated carbocycles. The summed E-state index contributed by atoms with van der Waals surface area (Å²) in [6, 6.07) is 0. The lowest BCUT2D eigenvalue weighted by molar-refractivity contribution is 0.676. The van der Waals surface area contributed by atoms with Crippen molar-refractivity contribution in [3.63, 3.8) is 0 Å². The van der Waals surface area contributed by atoms with E-state index in [1.54, 1.807) is 29.3 Å². The highest BCUT2D eigenvalue weighted by atomic mass is 127. The Morgan fingerprint density at radius 1 is 2.00 bits per heavy atom. The Bertz CT molecular complexity index is 61.8. The summed E-state index contributed by atoms with van der Waals surface area (Å²) in [5.41, 5.74) is 0. The molecule has 0 saturated heterocycles. The van der Waals surface area contributed by atoms with Crippen molar-refractivity contribution in [2.24, 2.45) is 0 Å². The Morgan fingerprint density at radius 2 is 2.17 bits per heavy atom. The van der Waals surface area contributed by atoms with E-state index in [2.05, 4.69) is 6.30 Å². The molecule has 0 radical (unpaired) electrons. The molecule has 0 aliphatic heterocycles. The molecule has 0 aromatic carbocycles. The minimum Gasteiger partial charge on any atom is -0.391 e. The quantitative estimate of drug-likeness (QED) is 0.360. The fourth-order valence-electron chi connectivity index (χ4n) is 0. The van der Waals surface area contributed by atoms with E-state index in [0.717, 1.165) is 0 Å². The molecule has 0 rings (SSSR count). The Balaban J connectivity index is 3.26. The van der Waals surface area contributed by atoms with Crippen LogP contribution in [0.15, 0.2) is 0 Å². The van der Waals surface area contributed by atoms with Gasteiger partial charge in [-0.25, -0.2) is 22.6 Å². The lowest BCUT2D eigenvalue weighted by atomic mass is 11.8. The van der Waals surface area contributed by atoms with Gasteiger partial charge in [0.15, 0.2) is 0 Å². The van der Waals surface area contributed by atoms with Gasteiger partial charge in [0.1, 0.15) is 3.92 Å². The third-order valence-electron chi connectivity index (χ3n) is 0.289. The third kappa shape index (κ3) is 3.04. The molecule has 36 valence electrons. The fourth-order valence-corrected chi connectivity index (χ4v) is 0. The zero-order valence-corrected chi connectivity index (χ0v) is 6.46. The maximum Gasteiger partial charge on any atom is 0.107 e. The van der Waals surface area contributed by atoms with E-state index in [1.807, 2.05) is 0 Å². The molecule has 0 nitrogen and oxygen atoms in total. The van der Waals surface area contributed by atoms with E-state index >= 15 is 0 Å². The molecule has 1 unspecified atom stereocenters. The summed E-state index contributed by atoms with van der Waals surface area (Å²) in [7, 11) is -0.673. The van der Waals surface area contributed by atoms with Gasteiger partial charge in [-0.3, -0.25) is 0 Å². The van der Waals surface area contributed by atoms with Crippen LogP contribution in [-0.4, -0.2) is 13.0 Å². The highest BCUT2D eigenvalue weighted by molar-refractivity contribution is 14.1. The van der Waals surface area contributed by atoms with Crippen molar-refractivity contribution in [2.45, 2.75) is 0 Å². The lowest BCUT2D eigenvalue weighted by Gasteiger charge is -1.95. The average molecular weight is 218 g/mol. The molecule has 0 aromatic heterocycles. The van der Waals surface area contributed by atoms with Gasteiger partial charge in [-0.05, 0) is 7.55 Å². The second-order valence-electron chi connectivity index (χ2n) is 0.938. The van der Waals surface area contributed by atoms with Crippen LogP contribution in [-0.2, 0) is 0 Å². The van der Waals surface area contributed by atoms with Gasteiger partial charge >= 0.3 is 0 Å². The first-order valence-corrected chi connectivity index (χ1v) is 4.42. The zero-order valence-electron chi connectivity index (χ0n) is 3.41. The molecule has 3 heteroatoms. The highest BCUT2D eigenvalue weighted by Crippen LogP contribution is 2.36. The van der Waals surface area contributed by atoms with Crippen LogP contribution in [0.1, 0.15) is 0 Å². The summed E-state index contributed by atoms with van der Waals surface area (Å²) in [5, 5.41) is 0. The van der Waals surface area contributed by atoms with Crippen LogP contribution in [0.2, 0.25) is 0 Å². The normalized spacial score (nSPS) is 12.3. The summed E-state index contributed by atoms with van der Waals surface area (Å²) in [6.45, 7) is 1.77. The highest BCUT2D eigenvalue weighted by Gasteiger charge is 1.91. The molecule has 0 aliphatic carbocycles. The Hall–Kier alpha value is 0.830. The van der Waals surface area contributed by atoms with Crippen molar-refractivity contribution in [1.82, 2.24) is 0 Å². The molecule has 0 fully saturated rings. The molecular weight excluding hydrogens is 213 g/mol. The topological polar surface area (TPSA) is 0 Å². The van der Waals surface area contributed by atoms with E-state index in [-0.39, 0.29) is 3.92 Å².